The lowest BCUT2D eigenvalue weighted by Crippen LogP contribution is -2.37. The number of amides is 1. The van der Waals surface area contributed by atoms with Crippen molar-refractivity contribution in [1.29, 1.82) is 0 Å². The lowest BCUT2D eigenvalue weighted by Gasteiger charge is -2.13. The van der Waals surface area contributed by atoms with E-state index in [1.807, 2.05) is 48.6 Å². The Hall–Kier alpha value is -2.20. The van der Waals surface area contributed by atoms with Crippen molar-refractivity contribution in [2.45, 2.75) is 13.8 Å². The highest BCUT2D eigenvalue weighted by molar-refractivity contribution is 14.1. The topological polar surface area (TPSA) is 87.7 Å². The van der Waals surface area contributed by atoms with Gasteiger partial charge in [-0.1, -0.05) is 17.7 Å². The number of thiocarbonyl (C=S) groups is 1. The van der Waals surface area contributed by atoms with Crippen LogP contribution in [0.4, 0.5) is 5.69 Å². The minimum atomic E-state index is -1.08. The molecule has 0 unspecified atom stereocenters. The van der Waals surface area contributed by atoms with Gasteiger partial charge in [0.1, 0.15) is 5.75 Å². The van der Waals surface area contributed by atoms with Crippen LogP contribution in [0, 0.1) is 17.4 Å². The van der Waals surface area contributed by atoms with E-state index in [0.717, 1.165) is 14.7 Å². The average molecular weight is 484 g/mol. The third-order valence-corrected chi connectivity index (χ3v) is 4.28. The van der Waals surface area contributed by atoms with E-state index < -0.39 is 11.9 Å². The number of ether oxygens (including phenoxy) is 1. The molecule has 0 aromatic heterocycles. The molecule has 2 rings (SSSR count). The quantitative estimate of drug-likeness (QED) is 0.445. The zero-order valence-corrected chi connectivity index (χ0v) is 17.1. The SMILES string of the molecule is Cc1ccc(OCC(=O)NC(=S)Nc2ccc(I)cc2C(=O)O)c(C)c1. The first-order valence-corrected chi connectivity index (χ1v) is 9.08. The first-order chi connectivity index (χ1) is 12.3. The number of nitrogens with one attached hydrogen (secondary N) is 2. The van der Waals surface area contributed by atoms with Crippen molar-refractivity contribution in [1.82, 2.24) is 5.32 Å². The summed E-state index contributed by atoms with van der Waals surface area (Å²) in [6, 6.07) is 10.5. The summed E-state index contributed by atoms with van der Waals surface area (Å²) in [5.41, 5.74) is 2.42. The van der Waals surface area contributed by atoms with E-state index in [-0.39, 0.29) is 17.3 Å². The van der Waals surface area contributed by atoms with Crippen LogP contribution in [0.5, 0.6) is 5.75 Å². The highest BCUT2D eigenvalue weighted by Gasteiger charge is 2.13. The molecule has 2 aromatic carbocycles. The van der Waals surface area contributed by atoms with Crippen molar-refractivity contribution >= 4 is 57.5 Å². The number of aryl methyl sites for hydroxylation is 2. The van der Waals surface area contributed by atoms with Gasteiger partial charge in [-0.25, -0.2) is 4.79 Å². The predicted molar refractivity (Wildman–Crippen MR) is 112 cm³/mol. The van der Waals surface area contributed by atoms with Crippen LogP contribution in [-0.2, 0) is 4.79 Å². The van der Waals surface area contributed by atoms with Crippen LogP contribution >= 0.6 is 34.8 Å². The highest BCUT2D eigenvalue weighted by Crippen LogP contribution is 2.19. The van der Waals surface area contributed by atoms with Crippen molar-refractivity contribution in [3.8, 4) is 5.75 Å². The van der Waals surface area contributed by atoms with E-state index >= 15 is 0 Å². The second-order valence-corrected chi connectivity index (χ2v) is 7.21. The minimum Gasteiger partial charge on any atom is -0.483 e. The van der Waals surface area contributed by atoms with E-state index in [4.69, 9.17) is 17.0 Å². The molecule has 0 heterocycles. The second-order valence-electron chi connectivity index (χ2n) is 5.55. The summed E-state index contributed by atoms with van der Waals surface area (Å²) in [7, 11) is 0. The summed E-state index contributed by atoms with van der Waals surface area (Å²) in [5.74, 6) is -0.904. The van der Waals surface area contributed by atoms with Crippen LogP contribution in [0.15, 0.2) is 36.4 Å². The third kappa shape index (κ3) is 5.67. The van der Waals surface area contributed by atoms with Crippen LogP contribution in [0.1, 0.15) is 21.5 Å². The van der Waals surface area contributed by atoms with Gasteiger partial charge >= 0.3 is 5.97 Å². The lowest BCUT2D eigenvalue weighted by atomic mass is 10.1. The molecule has 0 saturated carbocycles. The zero-order chi connectivity index (χ0) is 19.3. The average Bonchev–Trinajstić information content (AvgIpc) is 2.55. The molecule has 3 N–H and O–H groups in total. The highest BCUT2D eigenvalue weighted by atomic mass is 127. The molecular formula is C18H17IN2O4S. The summed E-state index contributed by atoms with van der Waals surface area (Å²) in [6.45, 7) is 3.67. The van der Waals surface area contributed by atoms with Gasteiger partial charge in [-0.2, -0.15) is 0 Å². The van der Waals surface area contributed by atoms with Gasteiger partial charge in [0.2, 0.25) is 0 Å². The molecule has 26 heavy (non-hydrogen) atoms. The molecule has 0 fully saturated rings. The molecule has 0 saturated heterocycles. The first kappa shape index (κ1) is 20.1. The van der Waals surface area contributed by atoms with Crippen LogP contribution in [0.25, 0.3) is 0 Å². The Balaban J connectivity index is 1.93. The fourth-order valence-electron chi connectivity index (χ4n) is 2.22. The third-order valence-electron chi connectivity index (χ3n) is 3.40. The van der Waals surface area contributed by atoms with Crippen molar-refractivity contribution in [3.05, 3.63) is 56.7 Å². The molecule has 2 aromatic rings. The number of aromatic carboxylic acids is 1. The van der Waals surface area contributed by atoms with Crippen molar-refractivity contribution in [2.24, 2.45) is 0 Å². The summed E-state index contributed by atoms with van der Waals surface area (Å²) < 4.78 is 6.27. The maximum atomic E-state index is 12.0. The standard InChI is InChI=1S/C18H17IN2O4S/c1-10-3-6-15(11(2)7-10)25-9-16(22)21-18(26)20-14-5-4-12(19)8-13(14)17(23)24/h3-8H,9H2,1-2H3,(H,23,24)(H2,20,21,22,26). The molecule has 6 nitrogen and oxygen atoms in total. The minimum absolute atomic E-state index is 0.00272. The van der Waals surface area contributed by atoms with Gasteiger partial charge in [0.25, 0.3) is 5.91 Å². The summed E-state index contributed by atoms with van der Waals surface area (Å²) in [5, 5.41) is 14.4. The fourth-order valence-corrected chi connectivity index (χ4v) is 2.94. The predicted octanol–water partition coefficient (Wildman–Crippen LogP) is 3.50. The number of halogens is 1. The number of anilines is 1. The molecule has 0 bridgehead atoms. The summed E-state index contributed by atoms with van der Waals surface area (Å²) >= 11 is 7.09. The Morgan fingerprint density at radius 1 is 1.19 bits per heavy atom. The molecule has 0 aliphatic heterocycles. The van der Waals surface area contributed by atoms with E-state index in [1.165, 1.54) is 6.07 Å². The molecule has 8 heteroatoms. The Morgan fingerprint density at radius 2 is 1.92 bits per heavy atom. The molecule has 0 aliphatic rings. The Morgan fingerprint density at radius 3 is 2.58 bits per heavy atom. The number of hydrogen-bond acceptors (Lipinski definition) is 4. The van der Waals surface area contributed by atoms with Gasteiger partial charge in [-0.3, -0.25) is 10.1 Å². The Kier molecular flexibility index (Phi) is 6.92. The molecule has 1 amide bonds. The van der Waals surface area contributed by atoms with Crippen LogP contribution < -0.4 is 15.4 Å². The van der Waals surface area contributed by atoms with Gasteiger partial charge in [-0.05, 0) is 78.5 Å². The van der Waals surface area contributed by atoms with E-state index in [1.54, 1.807) is 18.2 Å². The fraction of sp³-hybridized carbons (Fsp3) is 0.167. The zero-order valence-electron chi connectivity index (χ0n) is 14.1. The van der Waals surface area contributed by atoms with Crippen LogP contribution in [0.2, 0.25) is 0 Å². The molecule has 0 atom stereocenters. The van der Waals surface area contributed by atoms with Gasteiger partial charge in [-0.15, -0.1) is 0 Å². The van der Waals surface area contributed by atoms with Crippen LogP contribution in [-0.4, -0.2) is 28.7 Å². The number of hydrogen-bond donors (Lipinski definition) is 3. The Bertz CT molecular complexity index is 870. The van der Waals surface area contributed by atoms with Crippen molar-refractivity contribution in [3.63, 3.8) is 0 Å². The van der Waals surface area contributed by atoms with Crippen molar-refractivity contribution < 1.29 is 19.4 Å². The van der Waals surface area contributed by atoms with Crippen molar-refractivity contribution in [2.75, 3.05) is 11.9 Å². The lowest BCUT2D eigenvalue weighted by molar-refractivity contribution is -0.121. The van der Waals surface area contributed by atoms with Gasteiger partial charge < -0.3 is 15.2 Å². The largest absolute Gasteiger partial charge is 0.483 e. The van der Waals surface area contributed by atoms with Gasteiger partial charge in [0, 0.05) is 3.57 Å². The second kappa shape index (κ2) is 8.95. The number of carboxylic acids is 1. The maximum absolute atomic E-state index is 12.0. The van der Waals surface area contributed by atoms with Gasteiger partial charge in [0.05, 0.1) is 11.3 Å². The molecule has 0 aliphatic carbocycles. The Labute approximate surface area is 170 Å². The summed E-state index contributed by atoms with van der Waals surface area (Å²) in [6.07, 6.45) is 0. The van der Waals surface area contributed by atoms with Crippen LogP contribution in [0.3, 0.4) is 0 Å². The molecular weight excluding hydrogens is 467 g/mol. The number of carboxylic acid groups (broad SMARTS) is 1. The molecule has 136 valence electrons. The maximum Gasteiger partial charge on any atom is 0.337 e. The molecule has 0 spiro atoms. The number of carbonyl (C=O) groups excluding carboxylic acids is 1. The van der Waals surface area contributed by atoms with E-state index in [0.29, 0.717) is 11.4 Å². The number of benzene rings is 2. The van der Waals surface area contributed by atoms with E-state index in [9.17, 15) is 14.7 Å². The monoisotopic (exact) mass is 484 g/mol. The first-order valence-electron chi connectivity index (χ1n) is 7.60. The van der Waals surface area contributed by atoms with Gasteiger partial charge in [0.15, 0.2) is 11.7 Å². The summed E-state index contributed by atoms with van der Waals surface area (Å²) in [4.78, 5) is 23.3. The number of carbonyl (C=O) groups is 2. The van der Waals surface area contributed by atoms with E-state index in [2.05, 4.69) is 10.6 Å². The molecule has 0 radical (unpaired) electrons. The number of rotatable bonds is 5. The smallest absolute Gasteiger partial charge is 0.337 e. The normalized spacial score (nSPS) is 10.1.